The zero-order valence-electron chi connectivity index (χ0n) is 10.0. The number of benzene rings is 2. The molecule has 0 heterocycles. The maximum absolute atomic E-state index is 13.2. The first kappa shape index (κ1) is 13.7. The second kappa shape index (κ2) is 5.52. The van der Waals surface area contributed by atoms with Crippen LogP contribution in [0.5, 0.6) is 0 Å². The minimum Gasteiger partial charge on any atom is -0.345 e. The van der Waals surface area contributed by atoms with Crippen molar-refractivity contribution in [3.8, 4) is 0 Å². The van der Waals surface area contributed by atoms with E-state index in [1.54, 1.807) is 36.2 Å². The van der Waals surface area contributed by atoms with E-state index >= 15 is 0 Å². The molecule has 2 aromatic rings. The van der Waals surface area contributed by atoms with Gasteiger partial charge in [0.1, 0.15) is 5.82 Å². The highest BCUT2D eigenvalue weighted by atomic mass is 127. The van der Waals surface area contributed by atoms with Crippen LogP contribution in [0.1, 0.15) is 0 Å². The number of nitro benzene ring substituents is 1. The highest BCUT2D eigenvalue weighted by Crippen LogP contribution is 2.29. The Bertz CT molecular complexity index is 634. The molecule has 0 atom stereocenters. The topological polar surface area (TPSA) is 46.4 Å². The van der Waals surface area contributed by atoms with Gasteiger partial charge in [-0.15, -0.1) is 0 Å². The van der Waals surface area contributed by atoms with Gasteiger partial charge in [-0.2, -0.15) is 0 Å². The Labute approximate surface area is 123 Å². The Morgan fingerprint density at radius 3 is 2.47 bits per heavy atom. The maximum atomic E-state index is 13.2. The SMILES string of the molecule is CN(c1cccc(F)c1)c1ccc([N+](=O)[O-])c(I)c1. The number of rotatable bonds is 3. The summed E-state index contributed by atoms with van der Waals surface area (Å²) in [4.78, 5) is 12.1. The first-order chi connectivity index (χ1) is 8.99. The van der Waals surface area contributed by atoms with Crippen LogP contribution >= 0.6 is 22.6 Å². The molecule has 0 N–H and O–H groups in total. The standard InChI is InChI=1S/C13H10FIN2O2/c1-16(10-4-2-3-9(14)7-10)11-5-6-13(17(18)19)12(15)8-11/h2-8H,1H3. The van der Waals surface area contributed by atoms with Crippen molar-refractivity contribution in [3.63, 3.8) is 0 Å². The number of nitro groups is 1. The maximum Gasteiger partial charge on any atom is 0.282 e. The van der Waals surface area contributed by atoms with E-state index in [1.807, 2.05) is 22.6 Å². The number of anilines is 2. The molecule has 19 heavy (non-hydrogen) atoms. The van der Waals surface area contributed by atoms with Crippen LogP contribution in [0.15, 0.2) is 42.5 Å². The number of halogens is 2. The minimum absolute atomic E-state index is 0.0667. The average Bonchev–Trinajstić information content (AvgIpc) is 2.37. The smallest absolute Gasteiger partial charge is 0.282 e. The third-order valence-corrected chi connectivity index (χ3v) is 3.57. The Morgan fingerprint density at radius 1 is 1.21 bits per heavy atom. The van der Waals surface area contributed by atoms with E-state index in [1.165, 1.54) is 18.2 Å². The highest BCUT2D eigenvalue weighted by Gasteiger charge is 2.13. The highest BCUT2D eigenvalue weighted by molar-refractivity contribution is 14.1. The lowest BCUT2D eigenvalue weighted by molar-refractivity contribution is -0.385. The summed E-state index contributed by atoms with van der Waals surface area (Å²) in [5.41, 5.74) is 1.52. The molecule has 0 aliphatic carbocycles. The van der Waals surface area contributed by atoms with Crippen molar-refractivity contribution in [2.24, 2.45) is 0 Å². The molecule has 2 rings (SSSR count). The molecular weight excluding hydrogens is 362 g/mol. The van der Waals surface area contributed by atoms with Gasteiger partial charge in [0.05, 0.1) is 8.49 Å². The van der Waals surface area contributed by atoms with Crippen LogP contribution in [-0.4, -0.2) is 12.0 Å². The first-order valence-electron chi connectivity index (χ1n) is 5.42. The molecule has 0 saturated carbocycles. The first-order valence-corrected chi connectivity index (χ1v) is 6.50. The molecule has 0 saturated heterocycles. The van der Waals surface area contributed by atoms with Gasteiger partial charge in [0, 0.05) is 24.5 Å². The van der Waals surface area contributed by atoms with Gasteiger partial charge < -0.3 is 4.90 Å². The normalized spacial score (nSPS) is 10.3. The van der Waals surface area contributed by atoms with Gasteiger partial charge >= 0.3 is 0 Å². The Balaban J connectivity index is 2.37. The average molecular weight is 372 g/mol. The lowest BCUT2D eigenvalue weighted by Crippen LogP contribution is -2.10. The van der Waals surface area contributed by atoms with Gasteiger partial charge in [0.2, 0.25) is 0 Å². The molecule has 0 bridgehead atoms. The monoisotopic (exact) mass is 372 g/mol. The van der Waals surface area contributed by atoms with Crippen molar-refractivity contribution >= 4 is 39.7 Å². The fraction of sp³-hybridized carbons (Fsp3) is 0.0769. The third-order valence-electron chi connectivity index (χ3n) is 2.71. The summed E-state index contributed by atoms with van der Waals surface area (Å²) in [5, 5.41) is 10.8. The van der Waals surface area contributed by atoms with E-state index in [2.05, 4.69) is 0 Å². The van der Waals surface area contributed by atoms with Crippen molar-refractivity contribution in [1.29, 1.82) is 0 Å². The summed E-state index contributed by atoms with van der Waals surface area (Å²) in [7, 11) is 1.78. The van der Waals surface area contributed by atoms with Crippen LogP contribution in [0.2, 0.25) is 0 Å². The number of nitrogens with zero attached hydrogens (tertiary/aromatic N) is 2. The second-order valence-corrected chi connectivity index (χ2v) is 5.09. The lowest BCUT2D eigenvalue weighted by atomic mass is 10.2. The Morgan fingerprint density at radius 2 is 1.89 bits per heavy atom. The lowest BCUT2D eigenvalue weighted by Gasteiger charge is -2.19. The molecule has 0 unspecified atom stereocenters. The van der Waals surface area contributed by atoms with Crippen LogP contribution in [-0.2, 0) is 0 Å². The molecule has 98 valence electrons. The summed E-state index contributed by atoms with van der Waals surface area (Å²) in [6.45, 7) is 0. The fourth-order valence-corrected chi connectivity index (χ4v) is 2.38. The van der Waals surface area contributed by atoms with Crippen LogP contribution in [0, 0.1) is 19.5 Å². The molecule has 0 spiro atoms. The molecule has 4 nitrogen and oxygen atoms in total. The summed E-state index contributed by atoms with van der Waals surface area (Å²) in [5.74, 6) is -0.319. The molecule has 0 amide bonds. The molecule has 2 aromatic carbocycles. The number of hydrogen-bond acceptors (Lipinski definition) is 3. The van der Waals surface area contributed by atoms with Gasteiger partial charge in [0.25, 0.3) is 5.69 Å². The van der Waals surface area contributed by atoms with Crippen LogP contribution in [0.25, 0.3) is 0 Å². The van der Waals surface area contributed by atoms with Gasteiger partial charge in [-0.05, 0) is 52.9 Å². The Hall–Kier alpha value is -1.70. The summed E-state index contributed by atoms with van der Waals surface area (Å²) in [6, 6.07) is 11.0. The summed E-state index contributed by atoms with van der Waals surface area (Å²) in [6.07, 6.45) is 0. The van der Waals surface area contributed by atoms with Crippen molar-refractivity contribution in [1.82, 2.24) is 0 Å². The summed E-state index contributed by atoms with van der Waals surface area (Å²) < 4.78 is 13.7. The molecule has 0 radical (unpaired) electrons. The van der Waals surface area contributed by atoms with E-state index in [9.17, 15) is 14.5 Å². The zero-order valence-corrected chi connectivity index (χ0v) is 12.2. The predicted molar refractivity (Wildman–Crippen MR) is 80.3 cm³/mol. The van der Waals surface area contributed by atoms with Crippen LogP contribution in [0.3, 0.4) is 0 Å². The van der Waals surface area contributed by atoms with Crippen molar-refractivity contribution < 1.29 is 9.31 Å². The molecular formula is C13H10FIN2O2. The molecule has 0 aliphatic heterocycles. The van der Waals surface area contributed by atoms with Gasteiger partial charge in [-0.3, -0.25) is 10.1 Å². The molecule has 6 heteroatoms. The predicted octanol–water partition coefficient (Wildman–Crippen LogP) is 4.11. The number of hydrogen-bond donors (Lipinski definition) is 0. The van der Waals surface area contributed by atoms with Crippen LogP contribution in [0.4, 0.5) is 21.5 Å². The van der Waals surface area contributed by atoms with E-state index < -0.39 is 4.92 Å². The van der Waals surface area contributed by atoms with E-state index in [4.69, 9.17) is 0 Å². The van der Waals surface area contributed by atoms with Crippen molar-refractivity contribution in [2.45, 2.75) is 0 Å². The van der Waals surface area contributed by atoms with Crippen LogP contribution < -0.4 is 4.90 Å². The Kier molecular flexibility index (Phi) is 3.98. The quantitative estimate of drug-likeness (QED) is 0.463. The molecule has 0 aliphatic rings. The fourth-order valence-electron chi connectivity index (χ4n) is 1.69. The second-order valence-electron chi connectivity index (χ2n) is 3.93. The summed E-state index contributed by atoms with van der Waals surface area (Å²) >= 11 is 1.92. The van der Waals surface area contributed by atoms with E-state index in [-0.39, 0.29) is 11.5 Å². The van der Waals surface area contributed by atoms with Crippen molar-refractivity contribution in [2.75, 3.05) is 11.9 Å². The van der Waals surface area contributed by atoms with Crippen molar-refractivity contribution in [3.05, 3.63) is 62.0 Å². The molecule has 0 fully saturated rings. The third kappa shape index (κ3) is 3.01. The van der Waals surface area contributed by atoms with E-state index in [0.29, 0.717) is 9.26 Å². The largest absolute Gasteiger partial charge is 0.345 e. The van der Waals surface area contributed by atoms with Gasteiger partial charge in [-0.25, -0.2) is 4.39 Å². The zero-order chi connectivity index (χ0) is 14.0. The van der Waals surface area contributed by atoms with Gasteiger partial charge in [-0.1, -0.05) is 6.07 Å². The molecule has 0 aromatic heterocycles. The van der Waals surface area contributed by atoms with E-state index in [0.717, 1.165) is 5.69 Å². The minimum atomic E-state index is -0.423. The van der Waals surface area contributed by atoms with Gasteiger partial charge in [0.15, 0.2) is 0 Å².